The molecular weight excluding hydrogens is 380 g/mol. The van der Waals surface area contributed by atoms with Crippen molar-refractivity contribution in [3.05, 3.63) is 36.8 Å². The van der Waals surface area contributed by atoms with Crippen LogP contribution in [-0.4, -0.2) is 42.1 Å². The molecule has 29 heavy (non-hydrogen) atoms. The molecule has 0 aromatic heterocycles. The van der Waals surface area contributed by atoms with Crippen molar-refractivity contribution in [3.8, 4) is 0 Å². The summed E-state index contributed by atoms with van der Waals surface area (Å²) in [7, 11) is 2.01. The molecule has 3 fully saturated rings. The first-order valence-corrected chi connectivity index (χ1v) is 12.1. The lowest BCUT2D eigenvalue weighted by atomic mass is 9.81. The second-order valence-electron chi connectivity index (χ2n) is 8.71. The van der Waals surface area contributed by atoms with Gasteiger partial charge in [0, 0.05) is 55.1 Å². The van der Waals surface area contributed by atoms with Gasteiger partial charge in [0.15, 0.2) is 5.17 Å². The fourth-order valence-electron chi connectivity index (χ4n) is 4.53. The van der Waals surface area contributed by atoms with Crippen LogP contribution in [0.5, 0.6) is 0 Å². The van der Waals surface area contributed by atoms with E-state index in [1.807, 2.05) is 11.9 Å². The van der Waals surface area contributed by atoms with E-state index in [0.717, 1.165) is 48.4 Å². The van der Waals surface area contributed by atoms with Crippen LogP contribution < -0.4 is 10.7 Å². The third-order valence-corrected chi connectivity index (χ3v) is 7.84. The molecule has 2 heterocycles. The number of thioether (sulfide) groups is 1. The van der Waals surface area contributed by atoms with Gasteiger partial charge in [0.05, 0.1) is 0 Å². The number of hydrogen-bond donors (Lipinski definition) is 2. The largest absolute Gasteiger partial charge is 0.385 e. The molecule has 2 unspecified atom stereocenters. The van der Waals surface area contributed by atoms with E-state index in [9.17, 15) is 0 Å². The Morgan fingerprint density at radius 1 is 1.17 bits per heavy atom. The summed E-state index contributed by atoms with van der Waals surface area (Å²) < 4.78 is 5.62. The number of ether oxygens (including phenoxy) is 1. The summed E-state index contributed by atoms with van der Waals surface area (Å²) in [6, 6.07) is 0.303. The Bertz CT molecular complexity index is 635. The summed E-state index contributed by atoms with van der Waals surface area (Å²) in [5, 5.41) is 9.39. The third-order valence-electron chi connectivity index (χ3n) is 6.74. The molecular formula is C23H38N4OS. The Labute approximate surface area is 181 Å². The fraction of sp³-hybridized carbons (Fsp3) is 0.696. The maximum atomic E-state index is 5.62. The van der Waals surface area contributed by atoms with Gasteiger partial charge in [-0.15, -0.1) is 0 Å². The van der Waals surface area contributed by atoms with Crippen molar-refractivity contribution in [1.82, 2.24) is 15.6 Å². The molecule has 0 aromatic rings. The molecule has 1 aliphatic carbocycles. The highest BCUT2D eigenvalue weighted by atomic mass is 32.2. The van der Waals surface area contributed by atoms with E-state index in [1.54, 1.807) is 11.8 Å². The zero-order valence-electron chi connectivity index (χ0n) is 18.2. The second-order valence-corrected chi connectivity index (χ2v) is 9.66. The van der Waals surface area contributed by atoms with Gasteiger partial charge in [-0.1, -0.05) is 57.7 Å². The van der Waals surface area contributed by atoms with Crippen LogP contribution in [0.3, 0.4) is 0 Å². The number of nitrogens with zero attached hydrogens (tertiary/aromatic N) is 2. The van der Waals surface area contributed by atoms with Gasteiger partial charge in [0.1, 0.15) is 0 Å². The monoisotopic (exact) mass is 418 g/mol. The molecule has 3 rings (SSSR count). The van der Waals surface area contributed by atoms with Crippen LogP contribution in [0.15, 0.2) is 41.9 Å². The van der Waals surface area contributed by atoms with Crippen molar-refractivity contribution >= 4 is 16.9 Å². The van der Waals surface area contributed by atoms with Gasteiger partial charge >= 0.3 is 0 Å². The van der Waals surface area contributed by atoms with E-state index in [2.05, 4.69) is 42.5 Å². The molecule has 0 spiro atoms. The Hall–Kier alpha value is -1.40. The number of allylic oxidation sites excluding steroid dienone is 1. The van der Waals surface area contributed by atoms with Crippen LogP contribution in [0.4, 0.5) is 0 Å². The number of nitrogens with one attached hydrogen (secondary N) is 2. The molecule has 2 saturated heterocycles. The van der Waals surface area contributed by atoms with Gasteiger partial charge in [-0.2, -0.15) is 5.10 Å². The van der Waals surface area contributed by atoms with E-state index in [4.69, 9.17) is 4.74 Å². The smallest absolute Gasteiger partial charge is 0.187 e. The minimum absolute atomic E-state index is 0.239. The summed E-state index contributed by atoms with van der Waals surface area (Å²) >= 11 is 1.70. The molecule has 0 bridgehead atoms. The topological polar surface area (TPSA) is 48.9 Å². The van der Waals surface area contributed by atoms with Crippen molar-refractivity contribution in [2.45, 2.75) is 57.9 Å². The van der Waals surface area contributed by atoms with Crippen LogP contribution in [0, 0.1) is 17.8 Å². The third kappa shape index (κ3) is 5.82. The summed E-state index contributed by atoms with van der Waals surface area (Å²) in [4.78, 5) is 2.04. The minimum Gasteiger partial charge on any atom is -0.385 e. The first kappa shape index (κ1) is 22.3. The zero-order chi connectivity index (χ0) is 20.8. The van der Waals surface area contributed by atoms with Crippen LogP contribution in [0.1, 0.15) is 51.9 Å². The molecule has 0 amide bonds. The first-order valence-electron chi connectivity index (χ1n) is 11.1. The quantitative estimate of drug-likeness (QED) is 0.561. The van der Waals surface area contributed by atoms with Gasteiger partial charge in [-0.25, -0.2) is 0 Å². The van der Waals surface area contributed by atoms with Gasteiger partial charge < -0.3 is 15.0 Å². The molecule has 0 radical (unpaired) electrons. The predicted molar refractivity (Wildman–Crippen MR) is 124 cm³/mol. The Balaban J connectivity index is 1.65. The highest BCUT2D eigenvalue weighted by molar-refractivity contribution is 8.14. The standard InChI is InChI=1S/C23H38N4OS/c1-16-15-29-23(27(16)5)26-25-18(3)17(2)22(21-11-13-28-14-12-21)24-19(4)20-9-7-6-8-10-20/h17,20-22,24-25H,1,3-4,6-15H2,2,5H3/b26-23-. The molecule has 5 nitrogen and oxygen atoms in total. The average molecular weight is 419 g/mol. The number of hydrazone groups is 1. The zero-order valence-corrected chi connectivity index (χ0v) is 19.0. The molecule has 1 saturated carbocycles. The molecule has 3 aliphatic rings. The maximum absolute atomic E-state index is 5.62. The number of rotatable bonds is 8. The molecule has 2 N–H and O–H groups in total. The Morgan fingerprint density at radius 3 is 2.48 bits per heavy atom. The van der Waals surface area contributed by atoms with Gasteiger partial charge in [0.25, 0.3) is 0 Å². The molecule has 0 aromatic carbocycles. The molecule has 2 aliphatic heterocycles. The van der Waals surface area contributed by atoms with Gasteiger partial charge in [-0.05, 0) is 37.5 Å². The van der Waals surface area contributed by atoms with Crippen LogP contribution in [-0.2, 0) is 4.74 Å². The summed E-state index contributed by atoms with van der Waals surface area (Å²) in [6.45, 7) is 16.8. The Kier molecular flexibility index (Phi) is 8.13. The van der Waals surface area contributed by atoms with E-state index >= 15 is 0 Å². The summed E-state index contributed by atoms with van der Waals surface area (Å²) in [5.74, 6) is 2.30. The van der Waals surface area contributed by atoms with E-state index in [0.29, 0.717) is 17.9 Å². The van der Waals surface area contributed by atoms with Crippen LogP contribution >= 0.6 is 11.8 Å². The SMILES string of the molecule is C=C(NC(C1CCOCC1)C(C)C(=C)N/N=C1\SCC(=C)N1C)C1CCCCC1. The van der Waals surface area contributed by atoms with E-state index in [1.165, 1.54) is 37.8 Å². The van der Waals surface area contributed by atoms with Crippen molar-refractivity contribution in [2.24, 2.45) is 22.9 Å². The average Bonchev–Trinajstić information content (AvgIpc) is 3.08. The number of amidine groups is 1. The minimum atomic E-state index is 0.239. The Morgan fingerprint density at radius 2 is 1.86 bits per heavy atom. The maximum Gasteiger partial charge on any atom is 0.187 e. The van der Waals surface area contributed by atoms with E-state index < -0.39 is 0 Å². The van der Waals surface area contributed by atoms with Crippen molar-refractivity contribution in [2.75, 3.05) is 26.0 Å². The molecule has 2 atom stereocenters. The van der Waals surface area contributed by atoms with Crippen molar-refractivity contribution in [3.63, 3.8) is 0 Å². The molecule has 162 valence electrons. The molecule has 6 heteroatoms. The first-order chi connectivity index (χ1) is 14.0. The van der Waals surface area contributed by atoms with Gasteiger partial charge in [0.2, 0.25) is 0 Å². The van der Waals surface area contributed by atoms with Crippen LogP contribution in [0.25, 0.3) is 0 Å². The number of hydrogen-bond acceptors (Lipinski definition) is 5. The van der Waals surface area contributed by atoms with Crippen LogP contribution in [0.2, 0.25) is 0 Å². The van der Waals surface area contributed by atoms with E-state index in [-0.39, 0.29) is 5.92 Å². The lowest BCUT2D eigenvalue weighted by Crippen LogP contribution is -2.45. The highest BCUT2D eigenvalue weighted by Gasteiger charge is 2.32. The fourth-order valence-corrected chi connectivity index (χ4v) is 5.45. The normalized spacial score (nSPS) is 25.1. The lowest BCUT2D eigenvalue weighted by molar-refractivity contribution is 0.0487. The summed E-state index contributed by atoms with van der Waals surface area (Å²) in [5.41, 5.74) is 6.49. The van der Waals surface area contributed by atoms with Gasteiger partial charge in [-0.3, -0.25) is 5.43 Å². The predicted octanol–water partition coefficient (Wildman–Crippen LogP) is 4.67. The van der Waals surface area contributed by atoms with Crippen molar-refractivity contribution < 1.29 is 4.74 Å². The lowest BCUT2D eigenvalue weighted by Gasteiger charge is -2.38. The van der Waals surface area contributed by atoms with Crippen molar-refractivity contribution in [1.29, 1.82) is 0 Å². The summed E-state index contributed by atoms with van der Waals surface area (Å²) in [6.07, 6.45) is 8.71. The second kappa shape index (κ2) is 10.6. The highest BCUT2D eigenvalue weighted by Crippen LogP contribution is 2.32.